The highest BCUT2D eigenvalue weighted by Crippen LogP contribution is 2.37. The summed E-state index contributed by atoms with van der Waals surface area (Å²) in [7, 11) is 0. The first-order valence-electron chi connectivity index (χ1n) is 7.27. The van der Waals surface area contributed by atoms with Gasteiger partial charge in [0.15, 0.2) is 5.82 Å². The Balaban J connectivity index is 1.91. The Morgan fingerprint density at radius 1 is 1.18 bits per heavy atom. The molecule has 1 amide bonds. The molecule has 0 bridgehead atoms. The Hall–Kier alpha value is -2.14. The number of aromatic nitrogens is 2. The second-order valence-corrected chi connectivity index (χ2v) is 6.36. The van der Waals surface area contributed by atoms with Crippen molar-refractivity contribution < 1.29 is 4.79 Å². The van der Waals surface area contributed by atoms with Gasteiger partial charge in [-0.3, -0.25) is 4.79 Å². The van der Waals surface area contributed by atoms with Gasteiger partial charge in [0, 0.05) is 16.6 Å². The van der Waals surface area contributed by atoms with Gasteiger partial charge < -0.3 is 5.32 Å². The summed E-state index contributed by atoms with van der Waals surface area (Å²) in [6, 6.07) is 13.9. The maximum Gasteiger partial charge on any atom is 0.228 e. The highest BCUT2D eigenvalue weighted by molar-refractivity contribution is 9.10. The quantitative estimate of drug-likeness (QED) is 0.768. The third-order valence-corrected chi connectivity index (χ3v) is 4.50. The Morgan fingerprint density at radius 2 is 1.95 bits per heavy atom. The number of amides is 1. The van der Waals surface area contributed by atoms with Gasteiger partial charge in [-0.1, -0.05) is 30.3 Å². The molecule has 22 heavy (non-hydrogen) atoms. The van der Waals surface area contributed by atoms with Crippen LogP contribution >= 0.6 is 15.9 Å². The van der Waals surface area contributed by atoms with E-state index in [0.717, 1.165) is 34.0 Å². The lowest BCUT2D eigenvalue weighted by Gasteiger charge is -2.05. The van der Waals surface area contributed by atoms with E-state index in [2.05, 4.69) is 26.3 Å². The molecule has 1 aliphatic rings. The zero-order valence-corrected chi connectivity index (χ0v) is 13.4. The molecule has 1 aliphatic carbocycles. The molecule has 0 radical (unpaired) electrons. The number of carbonyl (C=O) groups is 1. The average Bonchev–Trinajstić information content (AvgIpc) is 3.31. The summed E-state index contributed by atoms with van der Waals surface area (Å²) in [6.45, 7) is 0. The molecule has 0 unspecified atom stereocenters. The Morgan fingerprint density at radius 3 is 2.68 bits per heavy atom. The number of fused-ring (bicyclic) bond motifs is 1. The fourth-order valence-corrected chi connectivity index (χ4v) is 3.12. The van der Waals surface area contributed by atoms with Crippen LogP contribution in [0.3, 0.4) is 0 Å². The molecule has 1 N–H and O–H groups in total. The third-order valence-electron chi connectivity index (χ3n) is 3.86. The summed E-state index contributed by atoms with van der Waals surface area (Å²) in [5.74, 6) is 0.837. The standard InChI is InChI=1S/C17H14BrN3O/c18-13-7-4-10-21-15(13)14(11-5-2-1-3-6-11)16(20-21)19-17(22)12-8-9-12/h1-7,10,12H,8-9H2,(H,19,20,22). The number of rotatable bonds is 3. The molecule has 1 saturated carbocycles. The molecule has 3 aromatic rings. The highest BCUT2D eigenvalue weighted by Gasteiger charge is 2.31. The Kier molecular flexibility index (Phi) is 3.22. The highest BCUT2D eigenvalue weighted by atomic mass is 79.9. The van der Waals surface area contributed by atoms with Gasteiger partial charge in [-0.15, -0.1) is 5.10 Å². The van der Waals surface area contributed by atoms with Gasteiger partial charge in [0.1, 0.15) is 0 Å². The van der Waals surface area contributed by atoms with E-state index in [4.69, 9.17) is 0 Å². The van der Waals surface area contributed by atoms with E-state index >= 15 is 0 Å². The molecular weight excluding hydrogens is 342 g/mol. The van der Waals surface area contributed by atoms with E-state index in [9.17, 15) is 4.79 Å². The van der Waals surface area contributed by atoms with Crippen molar-refractivity contribution in [3.8, 4) is 11.1 Å². The molecule has 5 heteroatoms. The van der Waals surface area contributed by atoms with Crippen molar-refractivity contribution in [2.45, 2.75) is 12.8 Å². The van der Waals surface area contributed by atoms with E-state index in [-0.39, 0.29) is 11.8 Å². The molecule has 2 aromatic heterocycles. The van der Waals surface area contributed by atoms with Crippen LogP contribution in [0.2, 0.25) is 0 Å². The minimum absolute atomic E-state index is 0.0664. The number of anilines is 1. The molecular formula is C17H14BrN3O. The topological polar surface area (TPSA) is 46.4 Å². The Bertz CT molecular complexity index is 853. The number of carbonyl (C=O) groups excluding carboxylic acids is 1. The smallest absolute Gasteiger partial charge is 0.228 e. The van der Waals surface area contributed by atoms with Gasteiger partial charge in [0.2, 0.25) is 5.91 Å². The van der Waals surface area contributed by atoms with Crippen LogP contribution in [0.5, 0.6) is 0 Å². The lowest BCUT2D eigenvalue weighted by Crippen LogP contribution is -2.14. The molecule has 4 nitrogen and oxygen atoms in total. The number of pyridine rings is 1. The molecule has 0 aliphatic heterocycles. The largest absolute Gasteiger partial charge is 0.308 e. The fraction of sp³-hybridized carbons (Fsp3) is 0.176. The SMILES string of the molecule is O=C(Nc1nn2cccc(Br)c2c1-c1ccccc1)C1CC1. The van der Waals surface area contributed by atoms with Crippen LogP contribution in [0.25, 0.3) is 16.6 Å². The van der Waals surface area contributed by atoms with Crippen molar-refractivity contribution in [3.05, 3.63) is 53.1 Å². The minimum atomic E-state index is 0.0664. The molecule has 110 valence electrons. The van der Waals surface area contributed by atoms with Gasteiger partial charge in [-0.25, -0.2) is 4.52 Å². The number of hydrogen-bond donors (Lipinski definition) is 1. The van der Waals surface area contributed by atoms with Crippen LogP contribution in [0, 0.1) is 5.92 Å². The number of nitrogens with one attached hydrogen (secondary N) is 1. The number of nitrogens with zero attached hydrogens (tertiary/aromatic N) is 2. The summed E-state index contributed by atoms with van der Waals surface area (Å²) in [5.41, 5.74) is 2.94. The molecule has 0 spiro atoms. The van der Waals surface area contributed by atoms with Gasteiger partial charge in [-0.05, 0) is 46.5 Å². The van der Waals surface area contributed by atoms with Crippen molar-refractivity contribution in [1.29, 1.82) is 0 Å². The van der Waals surface area contributed by atoms with Gasteiger partial charge in [0.05, 0.1) is 11.1 Å². The summed E-state index contributed by atoms with van der Waals surface area (Å²) in [4.78, 5) is 12.1. The van der Waals surface area contributed by atoms with Crippen LogP contribution < -0.4 is 5.32 Å². The lowest BCUT2D eigenvalue weighted by molar-refractivity contribution is -0.117. The number of halogens is 1. The summed E-state index contributed by atoms with van der Waals surface area (Å²) >= 11 is 3.59. The zero-order valence-electron chi connectivity index (χ0n) is 11.8. The maximum atomic E-state index is 12.1. The third kappa shape index (κ3) is 2.31. The number of benzene rings is 1. The van der Waals surface area contributed by atoms with Crippen molar-refractivity contribution in [3.63, 3.8) is 0 Å². The van der Waals surface area contributed by atoms with Crippen LogP contribution in [-0.4, -0.2) is 15.5 Å². The monoisotopic (exact) mass is 355 g/mol. The van der Waals surface area contributed by atoms with Crippen LogP contribution in [0.1, 0.15) is 12.8 Å². The van der Waals surface area contributed by atoms with E-state index < -0.39 is 0 Å². The molecule has 1 aromatic carbocycles. The Labute approximate surface area is 136 Å². The molecule has 1 fully saturated rings. The zero-order chi connectivity index (χ0) is 15.1. The van der Waals surface area contributed by atoms with E-state index in [1.54, 1.807) is 4.52 Å². The first kappa shape index (κ1) is 13.5. The van der Waals surface area contributed by atoms with Crippen molar-refractivity contribution in [2.75, 3.05) is 5.32 Å². The second kappa shape index (κ2) is 5.25. The molecule has 0 atom stereocenters. The summed E-state index contributed by atoms with van der Waals surface area (Å²) in [6.07, 6.45) is 3.84. The number of hydrogen-bond acceptors (Lipinski definition) is 2. The average molecular weight is 356 g/mol. The van der Waals surface area contributed by atoms with Crippen molar-refractivity contribution >= 4 is 33.2 Å². The second-order valence-electron chi connectivity index (χ2n) is 5.50. The predicted molar refractivity (Wildman–Crippen MR) is 89.7 cm³/mol. The van der Waals surface area contributed by atoms with E-state index in [1.165, 1.54) is 0 Å². The fourth-order valence-electron chi connectivity index (χ4n) is 2.59. The van der Waals surface area contributed by atoms with Crippen molar-refractivity contribution in [2.24, 2.45) is 5.92 Å². The van der Waals surface area contributed by atoms with E-state index in [0.29, 0.717) is 5.82 Å². The van der Waals surface area contributed by atoms with Gasteiger partial charge in [0.25, 0.3) is 0 Å². The molecule has 0 saturated heterocycles. The summed E-state index contributed by atoms with van der Waals surface area (Å²) in [5, 5.41) is 7.55. The first-order chi connectivity index (χ1) is 10.7. The minimum Gasteiger partial charge on any atom is -0.308 e. The first-order valence-corrected chi connectivity index (χ1v) is 8.06. The molecule has 4 rings (SSSR count). The predicted octanol–water partition coefficient (Wildman–Crippen LogP) is 4.11. The summed E-state index contributed by atoms with van der Waals surface area (Å²) < 4.78 is 2.75. The van der Waals surface area contributed by atoms with Crippen molar-refractivity contribution in [1.82, 2.24) is 9.61 Å². The normalized spacial score (nSPS) is 14.2. The van der Waals surface area contributed by atoms with E-state index in [1.807, 2.05) is 48.7 Å². The van der Waals surface area contributed by atoms with Gasteiger partial charge in [-0.2, -0.15) is 0 Å². The van der Waals surface area contributed by atoms with Crippen LogP contribution in [0.15, 0.2) is 53.1 Å². The van der Waals surface area contributed by atoms with Crippen LogP contribution in [0.4, 0.5) is 5.82 Å². The lowest BCUT2D eigenvalue weighted by atomic mass is 10.1. The van der Waals surface area contributed by atoms with Gasteiger partial charge >= 0.3 is 0 Å². The molecule has 2 heterocycles. The maximum absolute atomic E-state index is 12.1. The van der Waals surface area contributed by atoms with Crippen LogP contribution in [-0.2, 0) is 4.79 Å².